The second kappa shape index (κ2) is 7.71. The molecule has 1 rings (SSSR count). The summed E-state index contributed by atoms with van der Waals surface area (Å²) in [6, 6.07) is 8.85. The van der Waals surface area contributed by atoms with E-state index in [1.807, 2.05) is 44.2 Å². The van der Waals surface area contributed by atoms with Gasteiger partial charge in [0.15, 0.2) is 0 Å². The van der Waals surface area contributed by atoms with Gasteiger partial charge in [-0.3, -0.25) is 4.79 Å². The average molecular weight is 251 g/mol. The highest BCUT2D eigenvalue weighted by atomic mass is 16.6. The highest BCUT2D eigenvalue weighted by Gasteiger charge is 2.20. The molecule has 0 amide bonds. The average Bonchev–Trinajstić information content (AvgIpc) is 2.42. The smallest absolute Gasteiger partial charge is 0.323 e. The molecule has 2 N–H and O–H groups in total. The Hall–Kier alpha value is -1.55. The van der Waals surface area contributed by atoms with Crippen LogP contribution in [0.3, 0.4) is 0 Å². The van der Waals surface area contributed by atoms with E-state index in [1.54, 1.807) is 0 Å². The molecular weight excluding hydrogens is 230 g/mol. The Labute approximate surface area is 108 Å². The van der Waals surface area contributed by atoms with Crippen molar-refractivity contribution in [2.45, 2.75) is 26.3 Å². The summed E-state index contributed by atoms with van der Waals surface area (Å²) in [7, 11) is 0. The molecule has 0 aromatic heterocycles. The summed E-state index contributed by atoms with van der Waals surface area (Å²) < 4.78 is 10.5. The number of para-hydroxylation sites is 1. The third-order valence-corrected chi connectivity index (χ3v) is 2.87. The number of nitrogens with two attached hydrogens (primary N) is 1. The Morgan fingerprint density at radius 1 is 1.28 bits per heavy atom. The zero-order valence-corrected chi connectivity index (χ0v) is 11.0. The zero-order chi connectivity index (χ0) is 13.4. The largest absolute Gasteiger partial charge is 0.490 e. The van der Waals surface area contributed by atoms with Gasteiger partial charge in [-0.25, -0.2) is 0 Å². The molecule has 0 saturated heterocycles. The van der Waals surface area contributed by atoms with E-state index in [0.717, 1.165) is 12.2 Å². The van der Waals surface area contributed by atoms with Crippen molar-refractivity contribution in [3.63, 3.8) is 0 Å². The van der Waals surface area contributed by atoms with Crippen LogP contribution in [0.2, 0.25) is 0 Å². The first kappa shape index (κ1) is 14.5. The van der Waals surface area contributed by atoms with Gasteiger partial charge in [0.1, 0.15) is 25.0 Å². The third-order valence-electron chi connectivity index (χ3n) is 2.87. The van der Waals surface area contributed by atoms with Crippen LogP contribution in [0.25, 0.3) is 0 Å². The van der Waals surface area contributed by atoms with Crippen LogP contribution < -0.4 is 10.5 Å². The Balaban J connectivity index is 2.20. The minimum Gasteiger partial charge on any atom is -0.490 e. The number of hydrogen-bond acceptors (Lipinski definition) is 4. The van der Waals surface area contributed by atoms with E-state index in [4.69, 9.17) is 15.2 Å². The fourth-order valence-electron chi connectivity index (χ4n) is 1.40. The molecule has 18 heavy (non-hydrogen) atoms. The van der Waals surface area contributed by atoms with Crippen LogP contribution in [-0.4, -0.2) is 25.2 Å². The molecule has 0 bridgehead atoms. The second-order valence-corrected chi connectivity index (χ2v) is 4.24. The predicted octanol–water partition coefficient (Wildman–Crippen LogP) is 1.98. The summed E-state index contributed by atoms with van der Waals surface area (Å²) in [5, 5.41) is 0. The first-order valence-corrected chi connectivity index (χ1v) is 6.25. The Morgan fingerprint density at radius 3 is 2.56 bits per heavy atom. The molecular formula is C14H21NO3. The molecule has 1 aromatic carbocycles. The Bertz CT molecular complexity index is 353. The van der Waals surface area contributed by atoms with Crippen LogP contribution in [0.1, 0.15) is 20.3 Å². The summed E-state index contributed by atoms with van der Waals surface area (Å²) in [4.78, 5) is 11.6. The predicted molar refractivity (Wildman–Crippen MR) is 70.3 cm³/mol. The van der Waals surface area contributed by atoms with Crippen molar-refractivity contribution in [3.05, 3.63) is 30.3 Å². The molecule has 1 unspecified atom stereocenters. The molecule has 0 radical (unpaired) electrons. The summed E-state index contributed by atoms with van der Waals surface area (Å²) in [6.07, 6.45) is 0.858. The summed E-state index contributed by atoms with van der Waals surface area (Å²) in [5.74, 6) is 0.535. The molecule has 0 aliphatic carbocycles. The fraction of sp³-hybridized carbons (Fsp3) is 0.500. The number of rotatable bonds is 7. The fourth-order valence-corrected chi connectivity index (χ4v) is 1.40. The van der Waals surface area contributed by atoms with Crippen LogP contribution in [0.15, 0.2) is 30.3 Å². The number of carbonyl (C=O) groups excluding carboxylic acids is 1. The van der Waals surface area contributed by atoms with E-state index >= 15 is 0 Å². The van der Waals surface area contributed by atoms with E-state index < -0.39 is 6.04 Å². The van der Waals surface area contributed by atoms with Crippen LogP contribution in [0.5, 0.6) is 5.75 Å². The maximum Gasteiger partial charge on any atom is 0.323 e. The number of ether oxygens (including phenoxy) is 2. The van der Waals surface area contributed by atoms with Crippen LogP contribution in [0.4, 0.5) is 0 Å². The second-order valence-electron chi connectivity index (χ2n) is 4.24. The normalized spacial score (nSPS) is 13.7. The lowest BCUT2D eigenvalue weighted by molar-refractivity contribution is -0.147. The molecule has 0 spiro atoms. The van der Waals surface area contributed by atoms with Gasteiger partial charge in [0, 0.05) is 0 Å². The van der Waals surface area contributed by atoms with Crippen LogP contribution >= 0.6 is 0 Å². The molecule has 4 nitrogen and oxygen atoms in total. The third kappa shape index (κ3) is 4.75. The van der Waals surface area contributed by atoms with Crippen molar-refractivity contribution in [1.29, 1.82) is 0 Å². The van der Waals surface area contributed by atoms with Crippen molar-refractivity contribution < 1.29 is 14.3 Å². The molecule has 0 fully saturated rings. The lowest BCUT2D eigenvalue weighted by Gasteiger charge is -2.16. The highest BCUT2D eigenvalue weighted by molar-refractivity contribution is 5.75. The summed E-state index contributed by atoms with van der Waals surface area (Å²) >= 11 is 0. The quantitative estimate of drug-likeness (QED) is 0.594. The topological polar surface area (TPSA) is 61.6 Å². The molecule has 4 heteroatoms. The first-order chi connectivity index (χ1) is 8.65. The molecule has 0 heterocycles. The Morgan fingerprint density at radius 2 is 1.94 bits per heavy atom. The Kier molecular flexibility index (Phi) is 6.22. The monoisotopic (exact) mass is 251 g/mol. The van der Waals surface area contributed by atoms with Gasteiger partial charge >= 0.3 is 5.97 Å². The van der Waals surface area contributed by atoms with E-state index in [0.29, 0.717) is 6.61 Å². The van der Waals surface area contributed by atoms with Crippen LogP contribution in [-0.2, 0) is 9.53 Å². The van der Waals surface area contributed by atoms with Gasteiger partial charge in [-0.1, -0.05) is 38.5 Å². The van der Waals surface area contributed by atoms with E-state index in [1.165, 1.54) is 0 Å². The van der Waals surface area contributed by atoms with Crippen molar-refractivity contribution in [1.82, 2.24) is 0 Å². The van der Waals surface area contributed by atoms with E-state index in [-0.39, 0.29) is 18.5 Å². The van der Waals surface area contributed by atoms with E-state index in [2.05, 4.69) is 0 Å². The van der Waals surface area contributed by atoms with Gasteiger partial charge in [-0.15, -0.1) is 0 Å². The van der Waals surface area contributed by atoms with E-state index in [9.17, 15) is 4.79 Å². The molecule has 1 aromatic rings. The zero-order valence-electron chi connectivity index (χ0n) is 11.0. The lowest BCUT2D eigenvalue weighted by Crippen LogP contribution is -2.38. The summed E-state index contributed by atoms with van der Waals surface area (Å²) in [6.45, 7) is 4.49. The van der Waals surface area contributed by atoms with Gasteiger partial charge in [0.2, 0.25) is 0 Å². The molecule has 100 valence electrons. The van der Waals surface area contributed by atoms with Crippen molar-refractivity contribution >= 4 is 5.97 Å². The molecule has 2 atom stereocenters. The molecule has 0 aliphatic rings. The van der Waals surface area contributed by atoms with Crippen molar-refractivity contribution in [3.8, 4) is 5.75 Å². The van der Waals surface area contributed by atoms with Gasteiger partial charge in [-0.05, 0) is 18.1 Å². The maximum atomic E-state index is 11.6. The SMILES string of the molecule is CCC(C)[C@H](N)C(=O)OCCOc1ccccc1. The highest BCUT2D eigenvalue weighted by Crippen LogP contribution is 2.08. The van der Waals surface area contributed by atoms with Gasteiger partial charge < -0.3 is 15.2 Å². The van der Waals surface area contributed by atoms with Crippen LogP contribution in [0, 0.1) is 5.92 Å². The number of hydrogen-bond donors (Lipinski definition) is 1. The van der Waals surface area contributed by atoms with Crippen molar-refractivity contribution in [2.24, 2.45) is 11.7 Å². The number of benzene rings is 1. The minimum absolute atomic E-state index is 0.132. The van der Waals surface area contributed by atoms with Gasteiger partial charge in [0.05, 0.1) is 0 Å². The summed E-state index contributed by atoms with van der Waals surface area (Å²) in [5.41, 5.74) is 5.75. The molecule has 0 saturated carbocycles. The van der Waals surface area contributed by atoms with Gasteiger partial charge in [0.25, 0.3) is 0 Å². The van der Waals surface area contributed by atoms with Gasteiger partial charge in [-0.2, -0.15) is 0 Å². The number of esters is 1. The standard InChI is InChI=1S/C14H21NO3/c1-3-11(2)13(15)14(16)18-10-9-17-12-7-5-4-6-8-12/h4-8,11,13H,3,9-10,15H2,1-2H3/t11?,13-/m0/s1. The first-order valence-electron chi connectivity index (χ1n) is 6.25. The lowest BCUT2D eigenvalue weighted by atomic mass is 10.0. The number of carbonyl (C=O) groups is 1. The minimum atomic E-state index is -0.549. The maximum absolute atomic E-state index is 11.6. The van der Waals surface area contributed by atoms with Crippen molar-refractivity contribution in [2.75, 3.05) is 13.2 Å². The molecule has 0 aliphatic heterocycles.